The smallest absolute Gasteiger partial charge is 0.0678 e. The molecule has 1 aromatic rings. The van der Waals surface area contributed by atoms with E-state index in [0.717, 1.165) is 25.7 Å². The second kappa shape index (κ2) is 7.43. The van der Waals surface area contributed by atoms with Crippen LogP contribution in [0.25, 0.3) is 0 Å². The van der Waals surface area contributed by atoms with Gasteiger partial charge in [0.1, 0.15) is 0 Å². The summed E-state index contributed by atoms with van der Waals surface area (Å²) in [7, 11) is 0. The van der Waals surface area contributed by atoms with E-state index in [0.29, 0.717) is 12.2 Å². The quantitative estimate of drug-likeness (QED) is 0.813. The molecular weight excluding hydrogens is 340 g/mol. The predicted octanol–water partition coefficient (Wildman–Crippen LogP) is 3.52. The number of likely N-dealkylation sites (tertiary alicyclic amines) is 1. The van der Waals surface area contributed by atoms with E-state index in [4.69, 9.17) is 4.74 Å². The molecule has 2 aliphatic rings. The molecule has 0 aliphatic carbocycles. The number of benzene rings is 1. The molecule has 0 radical (unpaired) electrons. The van der Waals surface area contributed by atoms with Crippen LogP contribution in [0, 0.1) is 0 Å². The molecule has 0 spiro atoms. The van der Waals surface area contributed by atoms with E-state index < -0.39 is 0 Å². The highest BCUT2D eigenvalue weighted by Crippen LogP contribution is 2.24. The van der Waals surface area contributed by atoms with E-state index in [9.17, 15) is 0 Å². The van der Waals surface area contributed by atoms with Crippen LogP contribution in [0.3, 0.4) is 0 Å². The Bertz CT molecular complexity index is 478. The zero-order chi connectivity index (χ0) is 15.5. The van der Waals surface area contributed by atoms with E-state index in [1.807, 2.05) is 0 Å². The molecule has 2 aliphatic heterocycles. The van der Waals surface area contributed by atoms with Crippen LogP contribution in [0.2, 0.25) is 0 Å². The molecule has 1 aromatic carbocycles. The molecule has 2 saturated heterocycles. The number of hydrogen-bond donors (Lipinski definition) is 0. The second-order valence-electron chi connectivity index (χ2n) is 6.81. The van der Waals surface area contributed by atoms with Crippen LogP contribution < -0.4 is 0 Å². The van der Waals surface area contributed by atoms with Gasteiger partial charge in [-0.2, -0.15) is 0 Å². The van der Waals surface area contributed by atoms with Crippen LogP contribution in [0.5, 0.6) is 0 Å². The molecule has 3 nitrogen and oxygen atoms in total. The maximum atomic E-state index is 5.86. The summed E-state index contributed by atoms with van der Waals surface area (Å²) in [6.07, 6.45) is 3.32. The monoisotopic (exact) mass is 366 g/mol. The molecule has 4 heteroatoms. The molecule has 3 rings (SSSR count). The summed E-state index contributed by atoms with van der Waals surface area (Å²) >= 11 is 3.66. The first-order valence-electron chi connectivity index (χ1n) is 8.47. The Hall–Kier alpha value is -0.420. The number of piperidine rings is 1. The van der Waals surface area contributed by atoms with Gasteiger partial charge in [-0.3, -0.25) is 9.80 Å². The van der Waals surface area contributed by atoms with Gasteiger partial charge in [-0.1, -0.05) is 34.1 Å². The normalized spacial score (nSPS) is 28.9. The van der Waals surface area contributed by atoms with Gasteiger partial charge < -0.3 is 4.74 Å². The van der Waals surface area contributed by atoms with Gasteiger partial charge >= 0.3 is 0 Å². The largest absolute Gasteiger partial charge is 0.373 e. The van der Waals surface area contributed by atoms with Crippen LogP contribution in [0.15, 0.2) is 28.7 Å². The lowest BCUT2D eigenvalue weighted by atomic mass is 10.0. The van der Waals surface area contributed by atoms with Gasteiger partial charge in [-0.15, -0.1) is 0 Å². The third-order valence-corrected chi connectivity index (χ3v) is 5.65. The van der Waals surface area contributed by atoms with Crippen LogP contribution in [-0.4, -0.2) is 54.2 Å². The molecule has 22 heavy (non-hydrogen) atoms. The van der Waals surface area contributed by atoms with Crippen LogP contribution in [0.1, 0.15) is 32.3 Å². The van der Waals surface area contributed by atoms with Gasteiger partial charge in [0.05, 0.1) is 12.2 Å². The third-order valence-electron chi connectivity index (χ3n) is 4.87. The Morgan fingerprint density at radius 1 is 1.09 bits per heavy atom. The molecular formula is C18H27BrN2O. The van der Waals surface area contributed by atoms with Crippen molar-refractivity contribution in [2.45, 2.75) is 51.5 Å². The molecule has 2 fully saturated rings. The SMILES string of the molecule is C[C@@H]1CN(C2CCN(Cc3ccccc3Br)CC2)C[C@@H](C)O1. The lowest BCUT2D eigenvalue weighted by molar-refractivity contribution is -0.0865. The number of rotatable bonds is 3. The van der Waals surface area contributed by atoms with E-state index in [1.165, 1.54) is 36.0 Å². The molecule has 0 bridgehead atoms. The Morgan fingerprint density at radius 2 is 1.73 bits per heavy atom. The van der Waals surface area contributed by atoms with Crippen molar-refractivity contribution in [2.24, 2.45) is 0 Å². The summed E-state index contributed by atoms with van der Waals surface area (Å²) in [6, 6.07) is 9.31. The number of nitrogens with zero attached hydrogens (tertiary/aromatic N) is 2. The van der Waals surface area contributed by atoms with Crippen molar-refractivity contribution in [1.82, 2.24) is 9.80 Å². The van der Waals surface area contributed by atoms with Gasteiger partial charge in [-0.05, 0) is 51.4 Å². The number of ether oxygens (including phenoxy) is 1. The minimum Gasteiger partial charge on any atom is -0.373 e. The van der Waals surface area contributed by atoms with E-state index in [1.54, 1.807) is 0 Å². The highest BCUT2D eigenvalue weighted by Gasteiger charge is 2.30. The summed E-state index contributed by atoms with van der Waals surface area (Å²) in [5.41, 5.74) is 1.40. The van der Waals surface area contributed by atoms with Gasteiger partial charge in [0.25, 0.3) is 0 Å². The van der Waals surface area contributed by atoms with Gasteiger partial charge in [0.15, 0.2) is 0 Å². The highest BCUT2D eigenvalue weighted by atomic mass is 79.9. The standard InChI is InChI=1S/C18H27BrN2O/c1-14-11-21(12-15(2)22-14)17-7-9-20(10-8-17)13-16-5-3-4-6-18(16)19/h3-6,14-15,17H,7-13H2,1-2H3/t14-,15-/m1/s1. The highest BCUT2D eigenvalue weighted by molar-refractivity contribution is 9.10. The molecule has 0 unspecified atom stereocenters. The summed E-state index contributed by atoms with van der Waals surface area (Å²) < 4.78 is 7.09. The van der Waals surface area contributed by atoms with E-state index in [-0.39, 0.29) is 0 Å². The summed E-state index contributed by atoms with van der Waals surface area (Å²) in [5, 5.41) is 0. The molecule has 0 amide bonds. The fraction of sp³-hybridized carbons (Fsp3) is 0.667. The Morgan fingerprint density at radius 3 is 2.36 bits per heavy atom. The molecule has 122 valence electrons. The van der Waals surface area contributed by atoms with Crippen molar-refractivity contribution in [3.05, 3.63) is 34.3 Å². The maximum Gasteiger partial charge on any atom is 0.0678 e. The summed E-state index contributed by atoms with van der Waals surface area (Å²) in [4.78, 5) is 5.25. The van der Waals surface area contributed by atoms with Gasteiger partial charge in [0, 0.05) is 30.1 Å². The lowest BCUT2D eigenvalue weighted by Crippen LogP contribution is -2.53. The molecule has 0 aromatic heterocycles. The molecule has 2 heterocycles. The van der Waals surface area contributed by atoms with Crippen LogP contribution in [0.4, 0.5) is 0 Å². The number of morpholine rings is 1. The molecule has 0 saturated carbocycles. The van der Waals surface area contributed by atoms with Gasteiger partial charge in [0.2, 0.25) is 0 Å². The van der Waals surface area contributed by atoms with E-state index >= 15 is 0 Å². The molecule has 2 atom stereocenters. The Labute approximate surface area is 142 Å². The van der Waals surface area contributed by atoms with Gasteiger partial charge in [-0.25, -0.2) is 0 Å². The first-order chi connectivity index (χ1) is 10.6. The van der Waals surface area contributed by atoms with Crippen molar-refractivity contribution in [2.75, 3.05) is 26.2 Å². The minimum atomic E-state index is 0.377. The minimum absolute atomic E-state index is 0.377. The lowest BCUT2D eigenvalue weighted by Gasteiger charge is -2.43. The topological polar surface area (TPSA) is 15.7 Å². The Kier molecular flexibility index (Phi) is 5.55. The maximum absolute atomic E-state index is 5.86. The zero-order valence-electron chi connectivity index (χ0n) is 13.7. The molecule has 0 N–H and O–H groups in total. The first kappa shape index (κ1) is 16.4. The van der Waals surface area contributed by atoms with Crippen LogP contribution in [-0.2, 0) is 11.3 Å². The third kappa shape index (κ3) is 4.10. The predicted molar refractivity (Wildman–Crippen MR) is 94.0 cm³/mol. The van der Waals surface area contributed by atoms with Crippen molar-refractivity contribution < 1.29 is 4.74 Å². The zero-order valence-corrected chi connectivity index (χ0v) is 15.3. The fourth-order valence-electron chi connectivity index (χ4n) is 3.83. The summed E-state index contributed by atoms with van der Waals surface area (Å²) in [5.74, 6) is 0. The number of hydrogen-bond acceptors (Lipinski definition) is 3. The van der Waals surface area contributed by atoms with Crippen molar-refractivity contribution in [1.29, 1.82) is 0 Å². The van der Waals surface area contributed by atoms with E-state index in [2.05, 4.69) is 63.8 Å². The fourth-order valence-corrected chi connectivity index (χ4v) is 4.24. The van der Waals surface area contributed by atoms with Crippen molar-refractivity contribution >= 4 is 15.9 Å². The van der Waals surface area contributed by atoms with Crippen LogP contribution >= 0.6 is 15.9 Å². The van der Waals surface area contributed by atoms with Crippen molar-refractivity contribution in [3.63, 3.8) is 0 Å². The average Bonchev–Trinajstić information content (AvgIpc) is 2.49. The number of halogens is 1. The summed E-state index contributed by atoms with van der Waals surface area (Å²) in [6.45, 7) is 10.1. The average molecular weight is 367 g/mol. The van der Waals surface area contributed by atoms with Crippen molar-refractivity contribution in [3.8, 4) is 0 Å². The second-order valence-corrected chi connectivity index (χ2v) is 7.66. The first-order valence-corrected chi connectivity index (χ1v) is 9.26. The Balaban J connectivity index is 1.51.